The zero-order valence-corrected chi connectivity index (χ0v) is 14.5. The van der Waals surface area contributed by atoms with Crippen LogP contribution < -0.4 is 11.1 Å². The zero-order chi connectivity index (χ0) is 17.1. The highest BCUT2D eigenvalue weighted by Crippen LogP contribution is 2.25. The fourth-order valence-electron chi connectivity index (χ4n) is 2.73. The Hall–Kier alpha value is -2.34. The van der Waals surface area contributed by atoms with Crippen molar-refractivity contribution in [2.24, 2.45) is 5.92 Å². The molecule has 2 aromatic heterocycles. The first-order valence-electron chi connectivity index (χ1n) is 7.96. The Labute approximate surface area is 143 Å². The number of hydrogen-bond donors (Lipinski definition) is 2. The molecule has 0 spiro atoms. The number of aryl methyl sites for hydroxylation is 1. The summed E-state index contributed by atoms with van der Waals surface area (Å²) in [6.07, 6.45) is 1.20. The molecule has 126 valence electrons. The molecule has 1 atom stereocenters. The van der Waals surface area contributed by atoms with Crippen molar-refractivity contribution >= 4 is 28.3 Å². The van der Waals surface area contributed by atoms with Crippen LogP contribution in [0.15, 0.2) is 44.2 Å². The molecule has 3 rings (SSSR count). The average molecular weight is 344 g/mol. The number of H-pyrrole nitrogens is 1. The first-order valence-corrected chi connectivity index (χ1v) is 8.90. The van der Waals surface area contributed by atoms with Crippen molar-refractivity contribution in [3.8, 4) is 0 Å². The topological polar surface area (TPSA) is 75.1 Å². The lowest BCUT2D eigenvalue weighted by molar-refractivity contribution is -0.122. The number of carbonyl (C=O) groups is 1. The summed E-state index contributed by atoms with van der Waals surface area (Å²) in [7, 11) is 0. The Morgan fingerprint density at radius 3 is 2.88 bits per heavy atom. The van der Waals surface area contributed by atoms with E-state index in [-0.39, 0.29) is 17.9 Å². The van der Waals surface area contributed by atoms with E-state index in [2.05, 4.69) is 29.5 Å². The number of aromatic nitrogens is 1. The van der Waals surface area contributed by atoms with Gasteiger partial charge >= 0.3 is 5.76 Å². The lowest BCUT2D eigenvalue weighted by atomic mass is 9.95. The zero-order valence-electron chi connectivity index (χ0n) is 13.7. The van der Waals surface area contributed by atoms with Gasteiger partial charge in [-0.05, 0) is 52.4 Å². The van der Waals surface area contributed by atoms with E-state index in [4.69, 9.17) is 4.42 Å². The predicted molar refractivity (Wildman–Crippen MR) is 95.2 cm³/mol. The van der Waals surface area contributed by atoms with Gasteiger partial charge in [-0.2, -0.15) is 11.3 Å². The van der Waals surface area contributed by atoms with Crippen LogP contribution in [0.1, 0.15) is 37.4 Å². The second-order valence-corrected chi connectivity index (χ2v) is 6.97. The summed E-state index contributed by atoms with van der Waals surface area (Å²) < 4.78 is 5.12. The van der Waals surface area contributed by atoms with Crippen LogP contribution in [0.3, 0.4) is 0 Å². The molecule has 0 aliphatic carbocycles. The first kappa shape index (κ1) is 16.5. The molecule has 0 aliphatic rings. The van der Waals surface area contributed by atoms with E-state index in [1.54, 1.807) is 11.3 Å². The molecule has 1 aromatic carbocycles. The number of fused-ring (bicyclic) bond motifs is 1. The molecule has 1 amide bonds. The van der Waals surface area contributed by atoms with Crippen molar-refractivity contribution in [3.05, 3.63) is 56.7 Å². The minimum atomic E-state index is -0.469. The van der Waals surface area contributed by atoms with Crippen molar-refractivity contribution in [2.75, 3.05) is 0 Å². The summed E-state index contributed by atoms with van der Waals surface area (Å²) in [5, 5.41) is 7.18. The van der Waals surface area contributed by atoms with Gasteiger partial charge in [0.1, 0.15) is 0 Å². The maximum atomic E-state index is 12.3. The van der Waals surface area contributed by atoms with Gasteiger partial charge < -0.3 is 9.73 Å². The first-order chi connectivity index (χ1) is 11.5. The van der Waals surface area contributed by atoms with Crippen LogP contribution in [0.2, 0.25) is 0 Å². The molecule has 0 aliphatic heterocycles. The third-order valence-electron chi connectivity index (χ3n) is 4.01. The molecule has 2 N–H and O–H groups in total. The quantitative estimate of drug-likeness (QED) is 0.717. The van der Waals surface area contributed by atoms with E-state index >= 15 is 0 Å². The molecule has 0 radical (unpaired) electrons. The Kier molecular flexibility index (Phi) is 4.85. The predicted octanol–water partition coefficient (Wildman–Crippen LogP) is 3.63. The van der Waals surface area contributed by atoms with E-state index in [1.165, 1.54) is 5.56 Å². The minimum Gasteiger partial charge on any atom is -0.408 e. The standard InChI is InChI=1S/C18H20N2O3S/c1-11(2)17(20-16(21)6-3-12-7-8-24-10-12)13-4-5-14-15(9-13)23-18(22)19-14/h4-5,7-11,17H,3,6H2,1-2H3,(H,19,22)(H,20,21)/t17-/m1/s1. The van der Waals surface area contributed by atoms with Crippen molar-refractivity contribution in [1.29, 1.82) is 0 Å². The maximum absolute atomic E-state index is 12.3. The van der Waals surface area contributed by atoms with Crippen LogP contribution in [-0.2, 0) is 11.2 Å². The van der Waals surface area contributed by atoms with Gasteiger partial charge in [-0.3, -0.25) is 9.78 Å². The van der Waals surface area contributed by atoms with Crippen molar-refractivity contribution in [2.45, 2.75) is 32.7 Å². The number of aromatic amines is 1. The van der Waals surface area contributed by atoms with E-state index in [9.17, 15) is 9.59 Å². The Morgan fingerprint density at radius 2 is 2.17 bits per heavy atom. The van der Waals surface area contributed by atoms with Crippen LogP contribution in [0.5, 0.6) is 0 Å². The molecule has 5 nitrogen and oxygen atoms in total. The summed E-state index contributed by atoms with van der Waals surface area (Å²) in [5.41, 5.74) is 3.29. The third-order valence-corrected chi connectivity index (χ3v) is 4.74. The number of thiophene rings is 1. The van der Waals surface area contributed by atoms with Gasteiger partial charge in [0.25, 0.3) is 0 Å². The molecule has 0 fully saturated rings. The highest BCUT2D eigenvalue weighted by Gasteiger charge is 2.19. The van der Waals surface area contributed by atoms with Gasteiger partial charge in [0.2, 0.25) is 5.91 Å². The second-order valence-electron chi connectivity index (χ2n) is 6.19. The Bertz CT molecular complexity index is 877. The van der Waals surface area contributed by atoms with Gasteiger partial charge in [0.05, 0.1) is 11.6 Å². The van der Waals surface area contributed by atoms with E-state index in [1.807, 2.05) is 29.6 Å². The summed E-state index contributed by atoms with van der Waals surface area (Å²) in [6.45, 7) is 4.11. The monoisotopic (exact) mass is 344 g/mol. The van der Waals surface area contributed by atoms with E-state index in [0.29, 0.717) is 17.5 Å². The van der Waals surface area contributed by atoms with Crippen LogP contribution in [0, 0.1) is 5.92 Å². The minimum absolute atomic E-state index is 0.0236. The van der Waals surface area contributed by atoms with Gasteiger partial charge in [0, 0.05) is 6.42 Å². The largest absolute Gasteiger partial charge is 0.417 e. The average Bonchev–Trinajstić information content (AvgIpc) is 3.17. The molecule has 2 heterocycles. The fourth-order valence-corrected chi connectivity index (χ4v) is 3.43. The van der Waals surface area contributed by atoms with Crippen molar-refractivity contribution in [3.63, 3.8) is 0 Å². The fraction of sp³-hybridized carbons (Fsp3) is 0.333. The smallest absolute Gasteiger partial charge is 0.408 e. The number of carbonyl (C=O) groups excluding carboxylic acids is 1. The number of nitrogens with one attached hydrogen (secondary N) is 2. The molecule has 0 unspecified atom stereocenters. The molecule has 0 bridgehead atoms. The molecule has 0 saturated carbocycles. The maximum Gasteiger partial charge on any atom is 0.417 e. The highest BCUT2D eigenvalue weighted by molar-refractivity contribution is 7.07. The second kappa shape index (κ2) is 7.05. The van der Waals surface area contributed by atoms with Crippen LogP contribution in [0.4, 0.5) is 0 Å². The molecular formula is C18H20N2O3S. The molecule has 3 aromatic rings. The molecule has 0 saturated heterocycles. The Morgan fingerprint density at radius 1 is 1.33 bits per heavy atom. The summed E-state index contributed by atoms with van der Waals surface area (Å²) in [4.78, 5) is 26.2. The van der Waals surface area contributed by atoms with Crippen molar-refractivity contribution < 1.29 is 9.21 Å². The normalized spacial score (nSPS) is 12.6. The third kappa shape index (κ3) is 3.76. The van der Waals surface area contributed by atoms with E-state index < -0.39 is 5.76 Å². The lowest BCUT2D eigenvalue weighted by Crippen LogP contribution is -2.31. The van der Waals surface area contributed by atoms with Crippen molar-refractivity contribution in [1.82, 2.24) is 10.3 Å². The number of rotatable bonds is 6. The number of oxazole rings is 1. The number of benzene rings is 1. The lowest BCUT2D eigenvalue weighted by Gasteiger charge is -2.23. The highest BCUT2D eigenvalue weighted by atomic mass is 32.1. The molecular weight excluding hydrogens is 324 g/mol. The van der Waals surface area contributed by atoms with E-state index in [0.717, 1.165) is 12.0 Å². The van der Waals surface area contributed by atoms with Crippen LogP contribution >= 0.6 is 11.3 Å². The van der Waals surface area contributed by atoms with Gasteiger partial charge in [0.15, 0.2) is 5.58 Å². The number of amides is 1. The van der Waals surface area contributed by atoms with Gasteiger partial charge in [-0.15, -0.1) is 0 Å². The summed E-state index contributed by atoms with van der Waals surface area (Å²) in [6, 6.07) is 7.46. The molecule has 24 heavy (non-hydrogen) atoms. The Balaban J connectivity index is 1.73. The molecule has 6 heteroatoms. The van der Waals surface area contributed by atoms with Gasteiger partial charge in [-0.1, -0.05) is 19.9 Å². The SMILES string of the molecule is CC(C)[C@@H](NC(=O)CCc1ccsc1)c1ccc2[nH]c(=O)oc2c1. The summed E-state index contributed by atoms with van der Waals surface area (Å²) in [5.74, 6) is -0.225. The number of hydrogen-bond acceptors (Lipinski definition) is 4. The van der Waals surface area contributed by atoms with Gasteiger partial charge in [-0.25, -0.2) is 4.79 Å². The van der Waals surface area contributed by atoms with Crippen LogP contribution in [0.25, 0.3) is 11.1 Å². The van der Waals surface area contributed by atoms with Crippen LogP contribution in [-0.4, -0.2) is 10.9 Å². The summed E-state index contributed by atoms with van der Waals surface area (Å²) >= 11 is 1.64.